The lowest BCUT2D eigenvalue weighted by molar-refractivity contribution is 0.384. The van der Waals surface area contributed by atoms with E-state index in [1.165, 1.54) is 4.31 Å². The number of sulfonamides is 1. The molecule has 7 nitrogen and oxygen atoms in total. The summed E-state index contributed by atoms with van der Waals surface area (Å²) in [4.78, 5) is 8.59. The van der Waals surface area contributed by atoms with Crippen molar-refractivity contribution in [2.45, 2.75) is 0 Å². The van der Waals surface area contributed by atoms with Crippen molar-refractivity contribution in [1.29, 1.82) is 0 Å². The maximum Gasteiger partial charge on any atom is 0.253 e. The van der Waals surface area contributed by atoms with Crippen LogP contribution < -0.4 is 10.2 Å². The maximum atomic E-state index is 13.5. The number of nitrogens with zero attached hydrogens (tertiary/aromatic N) is 4. The molecule has 3 rings (SSSR count). The Labute approximate surface area is 159 Å². The van der Waals surface area contributed by atoms with Crippen molar-refractivity contribution < 1.29 is 26.0 Å². The number of pyridine rings is 2. The maximum absolute atomic E-state index is 13.5. The first-order valence-electron chi connectivity index (χ1n) is 8.37. The molecule has 1 saturated heterocycles. The molecule has 0 unspecified atom stereocenters. The lowest BCUT2D eigenvalue weighted by Gasteiger charge is -2.34. The molecule has 0 radical (unpaired) electrons. The molecule has 152 valence electrons. The zero-order valence-electron chi connectivity index (χ0n) is 14.6. The lowest BCUT2D eigenvalue weighted by atomic mass is 10.3. The highest BCUT2D eigenvalue weighted by molar-refractivity contribution is 7.89. The first-order chi connectivity index (χ1) is 13.3. The topological polar surface area (TPSA) is 78.4 Å². The van der Waals surface area contributed by atoms with E-state index < -0.39 is 51.5 Å². The molecule has 2 aromatic heterocycles. The van der Waals surface area contributed by atoms with Gasteiger partial charge in [0.05, 0.1) is 5.75 Å². The minimum Gasteiger partial charge on any atom is -0.379 e. The standard InChI is InChI=1S/C16H17F4N5O2S/c17-12-14(13(18)16(20)23-15(12)19)22-5-10-28(26,27)25-8-6-24(7-9-25)11-3-1-2-4-21-11/h1-4H,5-10H2,(H,22,23). The third-order valence-corrected chi connectivity index (χ3v) is 6.14. The van der Waals surface area contributed by atoms with Gasteiger partial charge >= 0.3 is 0 Å². The van der Waals surface area contributed by atoms with Crippen molar-refractivity contribution in [1.82, 2.24) is 14.3 Å². The molecule has 0 amide bonds. The summed E-state index contributed by atoms with van der Waals surface area (Å²) in [5.74, 6) is -6.79. The summed E-state index contributed by atoms with van der Waals surface area (Å²) in [6.45, 7) is 0.890. The molecule has 2 aromatic rings. The van der Waals surface area contributed by atoms with Crippen molar-refractivity contribution >= 4 is 21.5 Å². The number of hydrogen-bond acceptors (Lipinski definition) is 6. The minimum absolute atomic E-state index is 0.222. The van der Waals surface area contributed by atoms with Crippen LogP contribution in [0.4, 0.5) is 29.1 Å². The van der Waals surface area contributed by atoms with E-state index in [2.05, 4.69) is 15.3 Å². The van der Waals surface area contributed by atoms with E-state index in [-0.39, 0.29) is 13.1 Å². The number of halogens is 4. The Morgan fingerprint density at radius 3 is 2.21 bits per heavy atom. The molecule has 12 heteroatoms. The number of piperazine rings is 1. The smallest absolute Gasteiger partial charge is 0.253 e. The van der Waals surface area contributed by atoms with Gasteiger partial charge in [-0.05, 0) is 12.1 Å². The number of nitrogens with one attached hydrogen (secondary N) is 1. The first-order valence-corrected chi connectivity index (χ1v) is 9.98. The Hall–Kier alpha value is -2.47. The van der Waals surface area contributed by atoms with Crippen molar-refractivity contribution in [3.63, 3.8) is 0 Å². The number of anilines is 2. The van der Waals surface area contributed by atoms with Gasteiger partial charge in [-0.25, -0.2) is 13.4 Å². The predicted molar refractivity (Wildman–Crippen MR) is 94.4 cm³/mol. The van der Waals surface area contributed by atoms with E-state index in [1.807, 2.05) is 17.0 Å². The average molecular weight is 419 g/mol. The van der Waals surface area contributed by atoms with Crippen molar-refractivity contribution in [3.05, 3.63) is 47.9 Å². The van der Waals surface area contributed by atoms with Crippen LogP contribution in [0.3, 0.4) is 0 Å². The summed E-state index contributed by atoms with van der Waals surface area (Å²) < 4.78 is 79.4. The fourth-order valence-corrected chi connectivity index (χ4v) is 4.15. The monoisotopic (exact) mass is 419 g/mol. The zero-order chi connectivity index (χ0) is 20.3. The second-order valence-electron chi connectivity index (χ2n) is 6.01. The Morgan fingerprint density at radius 1 is 1.00 bits per heavy atom. The number of hydrogen-bond donors (Lipinski definition) is 1. The largest absolute Gasteiger partial charge is 0.379 e. The molecule has 1 aliphatic rings. The number of rotatable bonds is 6. The minimum atomic E-state index is -3.73. The quantitative estimate of drug-likeness (QED) is 0.566. The molecular weight excluding hydrogens is 402 g/mol. The van der Waals surface area contributed by atoms with Crippen molar-refractivity contribution in [3.8, 4) is 0 Å². The Balaban J connectivity index is 1.57. The van der Waals surface area contributed by atoms with Crippen molar-refractivity contribution in [2.75, 3.05) is 48.7 Å². The van der Waals surface area contributed by atoms with Crippen molar-refractivity contribution in [2.24, 2.45) is 0 Å². The highest BCUT2D eigenvalue weighted by atomic mass is 32.2. The Bertz CT molecular complexity index is 912. The van der Waals surface area contributed by atoms with Crippen LogP contribution in [0, 0.1) is 23.5 Å². The van der Waals surface area contributed by atoms with Gasteiger partial charge in [0.25, 0.3) is 11.9 Å². The van der Waals surface area contributed by atoms with E-state index >= 15 is 0 Å². The van der Waals surface area contributed by atoms with Crippen LogP contribution >= 0.6 is 0 Å². The molecule has 0 spiro atoms. The fourth-order valence-electron chi connectivity index (χ4n) is 2.81. The summed E-state index contributed by atoms with van der Waals surface area (Å²) in [5.41, 5.74) is -1.08. The Kier molecular flexibility index (Phi) is 5.98. The zero-order valence-corrected chi connectivity index (χ0v) is 15.4. The molecular formula is C16H17F4N5O2S. The molecule has 28 heavy (non-hydrogen) atoms. The van der Waals surface area contributed by atoms with Gasteiger partial charge in [0.15, 0.2) is 0 Å². The normalized spacial score (nSPS) is 15.6. The van der Waals surface area contributed by atoms with Crippen LogP contribution in [-0.4, -0.2) is 61.2 Å². The predicted octanol–water partition coefficient (Wildman–Crippen LogP) is 1.60. The van der Waals surface area contributed by atoms with Crippen LogP contribution in [0.1, 0.15) is 0 Å². The van der Waals surface area contributed by atoms with Crippen LogP contribution in [0.2, 0.25) is 0 Å². The summed E-state index contributed by atoms with van der Waals surface area (Å²) in [7, 11) is -3.73. The third kappa shape index (κ3) is 4.33. The van der Waals surface area contributed by atoms with Crippen LogP contribution in [0.15, 0.2) is 24.4 Å². The second-order valence-corrected chi connectivity index (χ2v) is 8.10. The molecule has 0 atom stereocenters. The lowest BCUT2D eigenvalue weighted by Crippen LogP contribution is -2.50. The van der Waals surface area contributed by atoms with E-state index in [0.717, 1.165) is 5.82 Å². The van der Waals surface area contributed by atoms with Gasteiger partial charge in [-0.2, -0.15) is 26.9 Å². The van der Waals surface area contributed by atoms with Crippen LogP contribution in [0.25, 0.3) is 0 Å². The summed E-state index contributed by atoms with van der Waals surface area (Å²) in [5, 5.41) is 2.10. The Morgan fingerprint density at radius 2 is 1.64 bits per heavy atom. The summed E-state index contributed by atoms with van der Waals surface area (Å²) in [6, 6.07) is 5.44. The first kappa shape index (κ1) is 20.3. The molecule has 1 N–H and O–H groups in total. The van der Waals surface area contributed by atoms with Gasteiger partial charge in [0.2, 0.25) is 21.7 Å². The van der Waals surface area contributed by atoms with Crippen LogP contribution in [-0.2, 0) is 10.0 Å². The second kappa shape index (κ2) is 8.27. The van der Waals surface area contributed by atoms with Gasteiger partial charge < -0.3 is 10.2 Å². The highest BCUT2D eigenvalue weighted by Gasteiger charge is 2.28. The average Bonchev–Trinajstić information content (AvgIpc) is 2.70. The van der Waals surface area contributed by atoms with E-state index in [9.17, 15) is 26.0 Å². The highest BCUT2D eigenvalue weighted by Crippen LogP contribution is 2.22. The third-order valence-electron chi connectivity index (χ3n) is 4.26. The summed E-state index contributed by atoms with van der Waals surface area (Å²) in [6.07, 6.45) is 1.65. The van der Waals surface area contributed by atoms with Gasteiger partial charge in [-0.15, -0.1) is 0 Å². The summed E-state index contributed by atoms with van der Waals surface area (Å²) >= 11 is 0. The van der Waals surface area contributed by atoms with E-state index in [1.54, 1.807) is 12.3 Å². The molecule has 3 heterocycles. The molecule has 0 aromatic carbocycles. The molecule has 0 saturated carbocycles. The fraction of sp³-hybridized carbons (Fsp3) is 0.375. The van der Waals surface area contributed by atoms with E-state index in [0.29, 0.717) is 13.1 Å². The van der Waals surface area contributed by atoms with Gasteiger partial charge in [0.1, 0.15) is 11.5 Å². The van der Waals surface area contributed by atoms with Gasteiger partial charge in [0, 0.05) is 38.9 Å². The van der Waals surface area contributed by atoms with Gasteiger partial charge in [-0.1, -0.05) is 6.07 Å². The molecule has 1 aliphatic heterocycles. The van der Waals surface area contributed by atoms with Crippen LogP contribution in [0.5, 0.6) is 0 Å². The molecule has 1 fully saturated rings. The SMILES string of the molecule is O=S(=O)(CCNc1c(F)c(F)nc(F)c1F)N1CCN(c2ccccn2)CC1. The molecule has 0 aliphatic carbocycles. The van der Waals surface area contributed by atoms with Gasteiger partial charge in [-0.3, -0.25) is 0 Å². The van der Waals surface area contributed by atoms with E-state index in [4.69, 9.17) is 0 Å². The molecule has 0 bridgehead atoms. The number of aromatic nitrogens is 2.